The van der Waals surface area contributed by atoms with Gasteiger partial charge in [0.05, 0.1) is 0 Å². The average molecular weight is 372 g/mol. The topological polar surface area (TPSA) is 46.2 Å². The molecule has 1 N–H and O–H groups in total. The first-order valence-corrected chi connectivity index (χ1v) is 7.77. The minimum absolute atomic E-state index is 0.160. The van der Waals surface area contributed by atoms with E-state index in [9.17, 15) is 30.4 Å². The van der Waals surface area contributed by atoms with Crippen molar-refractivity contribution in [1.82, 2.24) is 4.72 Å². The summed E-state index contributed by atoms with van der Waals surface area (Å²) < 4.78 is 91.7. The molecule has 0 fully saturated rings. The Morgan fingerprint density at radius 2 is 1.35 bits per heavy atom. The van der Waals surface area contributed by atoms with Gasteiger partial charge < -0.3 is 0 Å². The zero-order chi connectivity index (χ0) is 17.4. The lowest BCUT2D eigenvalue weighted by atomic mass is 10.2. The normalized spacial score (nSPS) is 11.7. The molecule has 2 aromatic rings. The molecule has 124 valence electrons. The van der Waals surface area contributed by atoms with Gasteiger partial charge in [0.1, 0.15) is 0 Å². The summed E-state index contributed by atoms with van der Waals surface area (Å²) in [5.41, 5.74) is 0.251. The first-order valence-electron chi connectivity index (χ1n) is 5.91. The number of nitrogens with one attached hydrogen (secondary N) is 1. The van der Waals surface area contributed by atoms with Crippen LogP contribution in [0.15, 0.2) is 29.2 Å². The van der Waals surface area contributed by atoms with Gasteiger partial charge >= 0.3 is 0 Å². The Morgan fingerprint density at radius 1 is 0.870 bits per heavy atom. The highest BCUT2D eigenvalue weighted by atomic mass is 35.5. The van der Waals surface area contributed by atoms with Crippen molar-refractivity contribution in [1.29, 1.82) is 0 Å². The van der Waals surface area contributed by atoms with Gasteiger partial charge in [0.25, 0.3) is 0 Å². The standard InChI is InChI=1S/C13H7ClF5NO2S/c14-7-4-2-1-3-6(7)5-20-23(21,22)13-11(18)9(16)8(15)10(17)12(13)19/h1-4,20H,5H2. The van der Waals surface area contributed by atoms with Crippen molar-refractivity contribution in [2.24, 2.45) is 0 Å². The maximum absolute atomic E-state index is 13.5. The average Bonchev–Trinajstić information content (AvgIpc) is 2.50. The van der Waals surface area contributed by atoms with Crippen molar-refractivity contribution < 1.29 is 30.4 Å². The third kappa shape index (κ3) is 3.31. The van der Waals surface area contributed by atoms with Crippen molar-refractivity contribution in [3.8, 4) is 0 Å². The number of benzene rings is 2. The first kappa shape index (κ1) is 17.6. The summed E-state index contributed by atoms with van der Waals surface area (Å²) in [6.45, 7) is -0.499. The minimum Gasteiger partial charge on any atom is -0.207 e. The Morgan fingerprint density at radius 3 is 1.87 bits per heavy atom. The van der Waals surface area contributed by atoms with E-state index in [4.69, 9.17) is 11.6 Å². The summed E-state index contributed by atoms with van der Waals surface area (Å²) in [4.78, 5) is -1.94. The van der Waals surface area contributed by atoms with Gasteiger partial charge in [-0.1, -0.05) is 29.8 Å². The lowest BCUT2D eigenvalue weighted by Gasteiger charge is -2.11. The second-order valence-corrected chi connectivity index (χ2v) is 6.43. The van der Waals surface area contributed by atoms with E-state index in [0.29, 0.717) is 0 Å². The van der Waals surface area contributed by atoms with Gasteiger partial charge in [-0.15, -0.1) is 0 Å². The fourth-order valence-corrected chi connectivity index (χ4v) is 3.05. The Kier molecular flexibility index (Phi) is 4.92. The van der Waals surface area contributed by atoms with E-state index in [1.807, 2.05) is 0 Å². The molecule has 0 atom stereocenters. The molecule has 0 aliphatic rings. The molecule has 0 unspecified atom stereocenters. The highest BCUT2D eigenvalue weighted by molar-refractivity contribution is 7.89. The van der Waals surface area contributed by atoms with E-state index in [1.165, 1.54) is 18.2 Å². The minimum atomic E-state index is -5.00. The highest BCUT2D eigenvalue weighted by Gasteiger charge is 2.33. The van der Waals surface area contributed by atoms with Gasteiger partial charge in [0.2, 0.25) is 15.8 Å². The largest absolute Gasteiger partial charge is 0.246 e. The molecule has 10 heteroatoms. The molecule has 0 spiro atoms. The molecule has 0 radical (unpaired) electrons. The Hall–Kier alpha value is -1.71. The van der Waals surface area contributed by atoms with Gasteiger partial charge in [-0.05, 0) is 11.6 Å². The molecule has 0 aliphatic carbocycles. The molecule has 0 aromatic heterocycles. The maximum atomic E-state index is 13.5. The third-order valence-corrected chi connectivity index (χ3v) is 4.64. The summed E-state index contributed by atoms with van der Waals surface area (Å²) >= 11 is 5.78. The van der Waals surface area contributed by atoms with Crippen molar-refractivity contribution in [3.63, 3.8) is 0 Å². The second-order valence-electron chi connectivity index (χ2n) is 4.31. The summed E-state index contributed by atoms with van der Waals surface area (Å²) in [5, 5.41) is 0.160. The zero-order valence-corrected chi connectivity index (χ0v) is 12.6. The van der Waals surface area contributed by atoms with Crippen molar-refractivity contribution >= 4 is 21.6 Å². The fourth-order valence-electron chi connectivity index (χ4n) is 1.71. The van der Waals surface area contributed by atoms with Gasteiger partial charge in [0, 0.05) is 11.6 Å². The maximum Gasteiger partial charge on any atom is 0.246 e. The molecule has 2 rings (SSSR count). The van der Waals surface area contributed by atoms with Gasteiger partial charge in [-0.25, -0.2) is 35.1 Å². The van der Waals surface area contributed by atoms with Crippen LogP contribution >= 0.6 is 11.6 Å². The molecule has 0 saturated carbocycles. The van der Waals surface area contributed by atoms with E-state index >= 15 is 0 Å². The van der Waals surface area contributed by atoms with Crippen LogP contribution in [0.4, 0.5) is 22.0 Å². The molecule has 0 heterocycles. The predicted octanol–water partition coefficient (Wildman–Crippen LogP) is 3.51. The van der Waals surface area contributed by atoms with E-state index in [-0.39, 0.29) is 10.6 Å². The monoisotopic (exact) mass is 371 g/mol. The van der Waals surface area contributed by atoms with Crippen LogP contribution in [0.3, 0.4) is 0 Å². The third-order valence-electron chi connectivity index (χ3n) is 2.85. The summed E-state index contributed by atoms with van der Waals surface area (Å²) in [6, 6.07) is 5.94. The summed E-state index contributed by atoms with van der Waals surface area (Å²) in [7, 11) is -5.00. The van der Waals surface area contributed by atoms with Gasteiger partial charge in [-0.2, -0.15) is 0 Å². The Balaban J connectivity index is 2.43. The number of hydrogen-bond donors (Lipinski definition) is 1. The van der Waals surface area contributed by atoms with Crippen LogP contribution in [-0.2, 0) is 16.6 Å². The van der Waals surface area contributed by atoms with Crippen molar-refractivity contribution in [2.75, 3.05) is 0 Å². The number of hydrogen-bond acceptors (Lipinski definition) is 2. The van der Waals surface area contributed by atoms with Crippen LogP contribution in [0.5, 0.6) is 0 Å². The molecular formula is C13H7ClF5NO2S. The fraction of sp³-hybridized carbons (Fsp3) is 0.0769. The summed E-state index contributed by atoms with van der Waals surface area (Å²) in [6.07, 6.45) is 0. The van der Waals surface area contributed by atoms with E-state index in [0.717, 1.165) is 0 Å². The van der Waals surface area contributed by atoms with Gasteiger partial charge in [-0.3, -0.25) is 0 Å². The lowest BCUT2D eigenvalue weighted by molar-refractivity contribution is 0.357. The molecule has 0 saturated heterocycles. The van der Waals surface area contributed by atoms with Crippen molar-refractivity contribution in [3.05, 3.63) is 63.9 Å². The van der Waals surface area contributed by atoms with Crippen molar-refractivity contribution in [2.45, 2.75) is 11.4 Å². The number of rotatable bonds is 4. The first-order chi connectivity index (χ1) is 10.7. The van der Waals surface area contributed by atoms with Crippen LogP contribution in [-0.4, -0.2) is 8.42 Å². The number of halogens is 6. The van der Waals surface area contributed by atoms with Crippen LogP contribution < -0.4 is 4.72 Å². The lowest BCUT2D eigenvalue weighted by Crippen LogP contribution is -2.26. The quantitative estimate of drug-likeness (QED) is 0.508. The molecular weight excluding hydrogens is 365 g/mol. The summed E-state index contributed by atoms with van der Waals surface area (Å²) in [5.74, 6) is -12.0. The SMILES string of the molecule is O=S(=O)(NCc1ccccc1Cl)c1c(F)c(F)c(F)c(F)c1F. The van der Waals surface area contributed by atoms with Crippen LogP contribution in [0.1, 0.15) is 5.56 Å². The van der Waals surface area contributed by atoms with Gasteiger partial charge in [0.15, 0.2) is 28.2 Å². The molecule has 0 amide bonds. The van der Waals surface area contributed by atoms with Crippen LogP contribution in [0, 0.1) is 29.1 Å². The molecule has 3 nitrogen and oxygen atoms in total. The Bertz CT molecular complexity index is 844. The highest BCUT2D eigenvalue weighted by Crippen LogP contribution is 2.27. The van der Waals surface area contributed by atoms with E-state index in [1.54, 1.807) is 10.8 Å². The van der Waals surface area contributed by atoms with E-state index < -0.39 is 50.5 Å². The predicted molar refractivity (Wildman–Crippen MR) is 71.7 cm³/mol. The number of sulfonamides is 1. The smallest absolute Gasteiger partial charge is 0.207 e. The molecule has 0 aliphatic heterocycles. The van der Waals surface area contributed by atoms with Crippen LogP contribution in [0.25, 0.3) is 0 Å². The molecule has 0 bridgehead atoms. The molecule has 2 aromatic carbocycles. The second kappa shape index (κ2) is 6.42. The van der Waals surface area contributed by atoms with Crippen LogP contribution in [0.2, 0.25) is 5.02 Å². The Labute approximate surface area is 132 Å². The molecule has 23 heavy (non-hydrogen) atoms. The van der Waals surface area contributed by atoms with E-state index in [2.05, 4.69) is 0 Å². The zero-order valence-electron chi connectivity index (χ0n) is 11.0.